The molecule has 388 valence electrons. The number of hydrogen-bond acceptors (Lipinski definition) is 15. The van der Waals surface area contributed by atoms with E-state index in [4.69, 9.17) is 18.5 Å². The fourth-order valence-corrected chi connectivity index (χ4v) is 8.65. The highest BCUT2D eigenvalue weighted by molar-refractivity contribution is 7.47. The molecule has 2 bridgehead atoms. The summed E-state index contributed by atoms with van der Waals surface area (Å²) in [7, 11) is -5.46. The SMILES string of the molecule is CCCCC/C=C\C/C=C\C/C=C\C/C=C\C/C=C\CCC(=O)OC[C@@H]1COP(=O)(O)O[C@H]2[C@H](O)[C@@H](O)[C@H](O)[C@@H](CC=CCCCC(=O)O1)[C@@H](O)C[C@@H](O)[C@H](/C=C/[C@@H](O)CCCCC)[C@@H](O)[C@H]2O. The number of carbonyl (C=O) groups excluding carboxylic acids is 2. The Kier molecular flexibility index (Phi) is 32.2. The Labute approximate surface area is 404 Å². The van der Waals surface area contributed by atoms with Crippen LogP contribution in [0.1, 0.15) is 136 Å². The molecule has 0 aromatic heterocycles. The van der Waals surface area contributed by atoms with E-state index in [0.29, 0.717) is 32.1 Å². The van der Waals surface area contributed by atoms with Gasteiger partial charge in [0.15, 0.2) is 6.10 Å². The maximum Gasteiger partial charge on any atom is 0.472 e. The van der Waals surface area contributed by atoms with E-state index in [1.54, 1.807) is 12.2 Å². The summed E-state index contributed by atoms with van der Waals surface area (Å²) in [4.78, 5) is 36.4. The first-order valence-electron chi connectivity index (χ1n) is 24.6. The molecule has 1 saturated carbocycles. The van der Waals surface area contributed by atoms with Crippen molar-refractivity contribution in [1.82, 2.24) is 0 Å². The zero-order valence-corrected chi connectivity index (χ0v) is 41.1. The van der Waals surface area contributed by atoms with Gasteiger partial charge in [-0.05, 0) is 70.6 Å². The molecule has 68 heavy (non-hydrogen) atoms. The second kappa shape index (κ2) is 35.9. The number of ether oxygens (including phenoxy) is 2. The molecule has 0 spiro atoms. The lowest BCUT2D eigenvalue weighted by atomic mass is 9.83. The zero-order chi connectivity index (χ0) is 50.2. The van der Waals surface area contributed by atoms with Crippen LogP contribution in [0.2, 0.25) is 0 Å². The number of phosphoric ester groups is 1. The summed E-state index contributed by atoms with van der Waals surface area (Å²) in [6, 6.07) is 0. The molecule has 1 aliphatic heterocycles. The third kappa shape index (κ3) is 25.7. The molecule has 0 amide bonds. The summed E-state index contributed by atoms with van der Waals surface area (Å²) in [6.45, 7) is 2.73. The summed E-state index contributed by atoms with van der Waals surface area (Å²) in [5.74, 6) is -4.14. The van der Waals surface area contributed by atoms with Crippen LogP contribution < -0.4 is 0 Å². The van der Waals surface area contributed by atoms with Crippen molar-refractivity contribution in [2.24, 2.45) is 11.8 Å². The van der Waals surface area contributed by atoms with Crippen LogP contribution in [0.3, 0.4) is 0 Å². The molecular weight excluding hydrogens is 900 g/mol. The molecule has 0 aromatic carbocycles. The van der Waals surface area contributed by atoms with Gasteiger partial charge in [-0.25, -0.2) is 4.57 Å². The van der Waals surface area contributed by atoms with Crippen molar-refractivity contribution in [3.63, 3.8) is 0 Å². The van der Waals surface area contributed by atoms with E-state index in [0.717, 1.165) is 38.5 Å². The highest BCUT2D eigenvalue weighted by atomic mass is 31.2. The largest absolute Gasteiger partial charge is 0.472 e. The lowest BCUT2D eigenvalue weighted by Gasteiger charge is -2.37. The minimum Gasteiger partial charge on any atom is -0.462 e. The number of cyclic esters (lactones) is 1. The molecule has 1 aliphatic carbocycles. The van der Waals surface area contributed by atoms with Crippen molar-refractivity contribution < 1.29 is 78.4 Å². The Morgan fingerprint density at radius 2 is 1.35 bits per heavy atom. The summed E-state index contributed by atoms with van der Waals surface area (Å²) in [5, 5.41) is 90.0. The van der Waals surface area contributed by atoms with Gasteiger partial charge in [-0.1, -0.05) is 131 Å². The first kappa shape index (κ1) is 61.0. The number of carbonyl (C=O) groups is 2. The molecule has 16 nitrogen and oxygen atoms in total. The Morgan fingerprint density at radius 3 is 1.99 bits per heavy atom. The van der Waals surface area contributed by atoms with Gasteiger partial charge >= 0.3 is 19.8 Å². The zero-order valence-electron chi connectivity index (χ0n) is 40.2. The monoisotopic (exact) mass is 983 g/mol. The third-order valence-corrected chi connectivity index (χ3v) is 12.8. The molecule has 1 unspecified atom stereocenters. The van der Waals surface area contributed by atoms with Crippen LogP contribution in [0.15, 0.2) is 85.1 Å². The van der Waals surface area contributed by atoms with Crippen LogP contribution in [-0.4, -0.2) is 132 Å². The first-order valence-corrected chi connectivity index (χ1v) is 26.1. The molecule has 2 rings (SSSR count). The minimum absolute atomic E-state index is 0.0187. The average Bonchev–Trinajstić information content (AvgIpc) is 3.31. The topological polar surface area (TPSA) is 270 Å². The highest BCUT2D eigenvalue weighted by Gasteiger charge is 2.49. The van der Waals surface area contributed by atoms with E-state index < -0.39 is 112 Å². The van der Waals surface area contributed by atoms with Crippen molar-refractivity contribution >= 4 is 19.8 Å². The summed E-state index contributed by atoms with van der Waals surface area (Å²) >= 11 is 0. The molecule has 0 radical (unpaired) electrons. The number of unbranched alkanes of at least 4 members (excludes halogenated alkanes) is 5. The number of aliphatic hydroxyl groups excluding tert-OH is 8. The molecule has 1 fully saturated rings. The smallest absolute Gasteiger partial charge is 0.462 e. The van der Waals surface area contributed by atoms with E-state index in [9.17, 15) is 59.9 Å². The number of fused-ring (bicyclic) bond motifs is 4. The highest BCUT2D eigenvalue weighted by Crippen LogP contribution is 2.47. The summed E-state index contributed by atoms with van der Waals surface area (Å²) in [6.07, 6.45) is 18.5. The average molecular weight is 983 g/mol. The van der Waals surface area contributed by atoms with Gasteiger partial charge < -0.3 is 55.2 Å². The summed E-state index contributed by atoms with van der Waals surface area (Å²) in [5.41, 5.74) is 0. The van der Waals surface area contributed by atoms with Crippen molar-refractivity contribution in [2.75, 3.05) is 13.2 Å². The number of hydrogen-bond donors (Lipinski definition) is 9. The maximum atomic E-state index is 13.5. The predicted octanol–water partition coefficient (Wildman–Crippen LogP) is 6.44. The van der Waals surface area contributed by atoms with E-state index in [1.807, 2.05) is 25.2 Å². The maximum absolute atomic E-state index is 13.5. The lowest BCUT2D eigenvalue weighted by molar-refractivity contribution is -0.167. The molecule has 13 atom stereocenters. The Bertz CT molecular complexity index is 1640. The Morgan fingerprint density at radius 1 is 0.765 bits per heavy atom. The standard InChI is InChI=1S/C51H83O16P/c1-3-5-7-8-9-10-11-12-13-14-15-16-17-18-19-20-21-22-27-31-44(55)64-36-39-37-65-68(62,63)67-51-49(60)47(58)41(34-33-38(52)29-25-6-4-2)43(54)35-42(53)40(46(57)48(59)50(51)61)30-26-23-24-28-32-45(56)66-39/h9-10,12-13,15-16,18-19,21-23,26,33-34,38-43,46-54,57-61H,3-8,11,14,17,20,24-25,27-32,35-37H2,1-2H3,(H,62,63)/b10-9-,13-12-,16-15-,19-18-,22-21-,26-23?,34-33+/t38-,39+,40-,41-,42-,43+,46+,47+,48-,49+,50+,51+/m0/s1. The second-order valence-corrected chi connectivity index (χ2v) is 19.0. The number of esters is 2. The third-order valence-electron chi connectivity index (χ3n) is 11.8. The number of aliphatic hydroxyl groups is 8. The normalized spacial score (nSPS) is 31.6. The van der Waals surface area contributed by atoms with Crippen LogP contribution in [0.4, 0.5) is 0 Å². The second-order valence-electron chi connectivity index (χ2n) is 17.6. The van der Waals surface area contributed by atoms with Crippen molar-refractivity contribution in [3.05, 3.63) is 85.1 Å². The fourth-order valence-electron chi connectivity index (χ4n) is 7.68. The van der Waals surface area contributed by atoms with Crippen LogP contribution in [0.25, 0.3) is 0 Å². The van der Waals surface area contributed by atoms with Gasteiger partial charge in [-0.3, -0.25) is 18.6 Å². The van der Waals surface area contributed by atoms with Crippen molar-refractivity contribution in [2.45, 2.75) is 197 Å². The van der Waals surface area contributed by atoms with Gasteiger partial charge in [0.2, 0.25) is 0 Å². The van der Waals surface area contributed by atoms with Gasteiger partial charge in [-0.2, -0.15) is 0 Å². The molecular formula is C51H83O16P. The number of phosphoric acid groups is 1. The van der Waals surface area contributed by atoms with Crippen LogP contribution in [-0.2, 0) is 32.7 Å². The minimum atomic E-state index is -5.46. The first-order chi connectivity index (χ1) is 32.6. The lowest BCUT2D eigenvalue weighted by Crippen LogP contribution is -2.55. The number of rotatable bonds is 23. The molecule has 9 N–H and O–H groups in total. The van der Waals surface area contributed by atoms with Crippen molar-refractivity contribution in [1.29, 1.82) is 0 Å². The molecule has 1 heterocycles. The van der Waals surface area contributed by atoms with Crippen LogP contribution in [0.5, 0.6) is 0 Å². The van der Waals surface area contributed by atoms with E-state index in [-0.39, 0.29) is 25.7 Å². The van der Waals surface area contributed by atoms with Crippen LogP contribution in [0, 0.1) is 11.8 Å². The predicted molar refractivity (Wildman–Crippen MR) is 260 cm³/mol. The van der Waals surface area contributed by atoms with Crippen molar-refractivity contribution in [3.8, 4) is 0 Å². The Hall–Kier alpha value is -3.09. The molecule has 2 aliphatic rings. The Balaban J connectivity index is 2.12. The van der Waals surface area contributed by atoms with E-state index in [1.165, 1.54) is 31.4 Å². The van der Waals surface area contributed by atoms with Gasteiger partial charge in [0.25, 0.3) is 0 Å². The van der Waals surface area contributed by atoms with Gasteiger partial charge in [-0.15, -0.1) is 0 Å². The quantitative estimate of drug-likeness (QED) is 0.0231. The van der Waals surface area contributed by atoms with Gasteiger partial charge in [0.05, 0.1) is 37.1 Å². The van der Waals surface area contributed by atoms with E-state index in [2.05, 4.69) is 49.5 Å². The number of allylic oxidation sites excluding steroid dienone is 12. The molecule has 17 heteroatoms. The van der Waals surface area contributed by atoms with Gasteiger partial charge in [0.1, 0.15) is 31.0 Å². The van der Waals surface area contributed by atoms with Gasteiger partial charge in [0, 0.05) is 31.1 Å². The van der Waals surface area contributed by atoms with E-state index >= 15 is 0 Å². The molecule has 0 aromatic rings. The van der Waals surface area contributed by atoms with Crippen LogP contribution >= 0.6 is 7.82 Å². The fraction of sp³-hybridized carbons (Fsp3) is 0.686. The molecule has 0 saturated heterocycles. The summed E-state index contributed by atoms with van der Waals surface area (Å²) < 4.78 is 34.6.